The first-order chi connectivity index (χ1) is 14.8. The van der Waals surface area contributed by atoms with Crippen molar-refractivity contribution < 1.29 is 33.9 Å². The molecule has 0 aliphatic carbocycles. The van der Waals surface area contributed by atoms with E-state index in [9.17, 15) is 28.8 Å². The summed E-state index contributed by atoms with van der Waals surface area (Å²) in [6.07, 6.45) is -0.548. The van der Waals surface area contributed by atoms with Gasteiger partial charge >= 0.3 is 5.97 Å². The van der Waals surface area contributed by atoms with Gasteiger partial charge in [0.05, 0.1) is 12.5 Å². The highest BCUT2D eigenvalue weighted by molar-refractivity contribution is 7.80. The molecule has 0 heterocycles. The number of carboxylic acids is 1. The van der Waals surface area contributed by atoms with Gasteiger partial charge in [-0.3, -0.25) is 24.0 Å². The molecule has 0 aliphatic rings. The minimum Gasteiger partial charge on any atom is -0.480 e. The predicted molar refractivity (Wildman–Crippen MR) is 117 cm³/mol. The molecule has 10 N–H and O–H groups in total. The third-order valence-electron chi connectivity index (χ3n) is 4.71. The van der Waals surface area contributed by atoms with Crippen molar-refractivity contribution in [3.05, 3.63) is 0 Å². The number of hydrogen-bond donors (Lipinski definition) is 8. The van der Waals surface area contributed by atoms with Gasteiger partial charge in [-0.1, -0.05) is 20.3 Å². The van der Waals surface area contributed by atoms with Crippen LogP contribution in [0.5, 0.6) is 0 Å². The molecule has 0 aromatic heterocycles. The van der Waals surface area contributed by atoms with E-state index in [1.807, 2.05) is 6.92 Å². The molecular formula is C18H32N6O7S. The molecule has 0 radical (unpaired) electrons. The highest BCUT2D eigenvalue weighted by Gasteiger charge is 2.31. The second kappa shape index (κ2) is 14.2. The van der Waals surface area contributed by atoms with Crippen molar-refractivity contribution in [3.8, 4) is 0 Å². The summed E-state index contributed by atoms with van der Waals surface area (Å²) in [5.74, 6) is -6.02. The number of thiol groups is 1. The maximum Gasteiger partial charge on any atom is 0.327 e. The Hall–Kier alpha value is -2.87. The SMILES string of the molecule is CCC(C)C(N)C(=O)NC(CC(N)=O)C(=O)NC(CCC(N)=O)C(=O)NC(CS)C(=O)O. The molecule has 0 aromatic carbocycles. The Morgan fingerprint density at radius 3 is 1.81 bits per heavy atom. The van der Waals surface area contributed by atoms with Crippen molar-refractivity contribution in [3.63, 3.8) is 0 Å². The van der Waals surface area contributed by atoms with Gasteiger partial charge in [0.1, 0.15) is 18.1 Å². The van der Waals surface area contributed by atoms with Crippen molar-refractivity contribution in [2.75, 3.05) is 5.75 Å². The predicted octanol–water partition coefficient (Wildman–Crippen LogP) is -3.03. The zero-order valence-electron chi connectivity index (χ0n) is 18.0. The highest BCUT2D eigenvalue weighted by Crippen LogP contribution is 2.07. The molecule has 0 bridgehead atoms. The van der Waals surface area contributed by atoms with Gasteiger partial charge in [0.25, 0.3) is 0 Å². The van der Waals surface area contributed by atoms with Gasteiger partial charge in [-0.2, -0.15) is 12.6 Å². The number of hydrogen-bond acceptors (Lipinski definition) is 8. The minimum atomic E-state index is -1.45. The third-order valence-corrected chi connectivity index (χ3v) is 5.07. The van der Waals surface area contributed by atoms with E-state index in [4.69, 9.17) is 22.3 Å². The van der Waals surface area contributed by atoms with Crippen molar-refractivity contribution in [2.45, 2.75) is 63.7 Å². The first-order valence-electron chi connectivity index (χ1n) is 9.90. The maximum absolute atomic E-state index is 12.7. The monoisotopic (exact) mass is 476 g/mol. The lowest BCUT2D eigenvalue weighted by atomic mass is 9.99. The van der Waals surface area contributed by atoms with Crippen LogP contribution in [0.25, 0.3) is 0 Å². The van der Waals surface area contributed by atoms with Crippen molar-refractivity contribution in [1.82, 2.24) is 16.0 Å². The van der Waals surface area contributed by atoms with E-state index in [1.54, 1.807) is 6.92 Å². The lowest BCUT2D eigenvalue weighted by molar-refractivity contribution is -0.142. The summed E-state index contributed by atoms with van der Waals surface area (Å²) < 4.78 is 0. The average molecular weight is 477 g/mol. The summed E-state index contributed by atoms with van der Waals surface area (Å²) in [6, 6.07) is -5.14. The van der Waals surface area contributed by atoms with Gasteiger partial charge in [-0.15, -0.1) is 0 Å². The van der Waals surface area contributed by atoms with Crippen molar-refractivity contribution >= 4 is 48.1 Å². The van der Waals surface area contributed by atoms with Crippen LogP contribution in [-0.4, -0.2) is 70.5 Å². The lowest BCUT2D eigenvalue weighted by Crippen LogP contribution is -2.58. The molecule has 0 rings (SSSR count). The number of primary amides is 2. The fourth-order valence-corrected chi connectivity index (χ4v) is 2.72. The van der Waals surface area contributed by atoms with E-state index in [0.29, 0.717) is 6.42 Å². The number of aliphatic carboxylic acids is 1. The number of rotatable bonds is 15. The summed E-state index contributed by atoms with van der Waals surface area (Å²) in [4.78, 5) is 71.2. The van der Waals surface area contributed by atoms with E-state index in [0.717, 1.165) is 0 Å². The quantitative estimate of drug-likeness (QED) is 0.113. The number of nitrogens with two attached hydrogens (primary N) is 3. The zero-order valence-corrected chi connectivity index (χ0v) is 18.9. The normalized spacial score (nSPS) is 15.4. The molecule has 32 heavy (non-hydrogen) atoms. The van der Waals surface area contributed by atoms with Crippen LogP contribution in [0.3, 0.4) is 0 Å². The Kier molecular flexibility index (Phi) is 13.0. The van der Waals surface area contributed by atoms with Crippen molar-refractivity contribution in [2.24, 2.45) is 23.1 Å². The summed E-state index contributed by atoms with van der Waals surface area (Å²) in [5, 5.41) is 15.9. The Balaban J connectivity index is 5.54. The van der Waals surface area contributed by atoms with E-state index in [2.05, 4.69) is 28.6 Å². The molecule has 5 unspecified atom stereocenters. The molecule has 0 aliphatic heterocycles. The van der Waals surface area contributed by atoms with Gasteiger partial charge in [-0.05, 0) is 12.3 Å². The van der Waals surface area contributed by atoms with Crippen LogP contribution in [-0.2, 0) is 28.8 Å². The molecule has 0 saturated carbocycles. The molecule has 0 spiro atoms. The van der Waals surface area contributed by atoms with Gasteiger partial charge in [0.2, 0.25) is 29.5 Å². The van der Waals surface area contributed by atoms with Crippen LogP contribution in [0, 0.1) is 5.92 Å². The number of amides is 5. The highest BCUT2D eigenvalue weighted by atomic mass is 32.1. The summed E-state index contributed by atoms with van der Waals surface area (Å²) in [7, 11) is 0. The zero-order chi connectivity index (χ0) is 25.0. The van der Waals surface area contributed by atoms with Crippen LogP contribution in [0.2, 0.25) is 0 Å². The fourth-order valence-electron chi connectivity index (χ4n) is 2.48. The molecule has 5 atom stereocenters. The van der Waals surface area contributed by atoms with Crippen molar-refractivity contribution in [1.29, 1.82) is 0 Å². The second-order valence-electron chi connectivity index (χ2n) is 7.29. The Bertz CT molecular complexity index is 720. The second-order valence-corrected chi connectivity index (χ2v) is 7.66. The van der Waals surface area contributed by atoms with Crippen LogP contribution in [0.4, 0.5) is 0 Å². The molecule has 182 valence electrons. The maximum atomic E-state index is 12.7. The standard InChI is InChI=1S/C18H32N6O7S/c1-3-8(2)14(21)17(29)23-10(6-13(20)26)16(28)22-9(4-5-12(19)25)15(27)24-11(7-32)18(30)31/h8-11,14,32H,3-7,21H2,1-2H3,(H2,19,25)(H2,20,26)(H,22,28)(H,23,29)(H,24,27)(H,30,31). The number of carboxylic acid groups (broad SMARTS) is 1. The van der Waals surface area contributed by atoms with E-state index < -0.39 is 66.1 Å². The number of nitrogens with one attached hydrogen (secondary N) is 3. The molecule has 0 fully saturated rings. The van der Waals surface area contributed by atoms with Gasteiger partial charge in [0, 0.05) is 12.2 Å². The smallest absolute Gasteiger partial charge is 0.327 e. The van der Waals surface area contributed by atoms with Crippen LogP contribution in [0.1, 0.15) is 39.5 Å². The first kappa shape index (κ1) is 29.1. The minimum absolute atomic E-state index is 0.212. The van der Waals surface area contributed by atoms with Crippen LogP contribution in [0.15, 0.2) is 0 Å². The Morgan fingerprint density at radius 1 is 0.875 bits per heavy atom. The summed E-state index contributed by atoms with van der Waals surface area (Å²) in [5.41, 5.74) is 16.1. The van der Waals surface area contributed by atoms with E-state index in [1.165, 1.54) is 0 Å². The number of carbonyl (C=O) groups is 6. The number of carbonyl (C=O) groups excluding carboxylic acids is 5. The summed E-state index contributed by atoms with van der Waals surface area (Å²) >= 11 is 3.84. The largest absolute Gasteiger partial charge is 0.480 e. The summed E-state index contributed by atoms with van der Waals surface area (Å²) in [6.45, 7) is 3.56. The fraction of sp³-hybridized carbons (Fsp3) is 0.667. The third kappa shape index (κ3) is 10.4. The van der Waals surface area contributed by atoms with Gasteiger partial charge < -0.3 is 38.3 Å². The molecule has 13 nitrogen and oxygen atoms in total. The molecule has 14 heteroatoms. The van der Waals surface area contributed by atoms with Crippen LogP contribution >= 0.6 is 12.6 Å². The molecule has 0 saturated heterocycles. The van der Waals surface area contributed by atoms with Gasteiger partial charge in [0.15, 0.2) is 0 Å². The Labute approximate surface area is 191 Å². The van der Waals surface area contributed by atoms with E-state index >= 15 is 0 Å². The molecule has 0 aromatic rings. The topological polar surface area (TPSA) is 237 Å². The molecular weight excluding hydrogens is 444 g/mol. The van der Waals surface area contributed by atoms with Crippen LogP contribution < -0.4 is 33.2 Å². The lowest BCUT2D eigenvalue weighted by Gasteiger charge is -2.25. The first-order valence-corrected chi connectivity index (χ1v) is 10.5. The molecule has 5 amide bonds. The van der Waals surface area contributed by atoms with E-state index in [-0.39, 0.29) is 24.5 Å². The van der Waals surface area contributed by atoms with Gasteiger partial charge in [-0.25, -0.2) is 4.79 Å². The average Bonchev–Trinajstić information content (AvgIpc) is 2.71. The Morgan fingerprint density at radius 2 is 1.38 bits per heavy atom.